The van der Waals surface area contributed by atoms with E-state index in [-0.39, 0.29) is 41.1 Å². The summed E-state index contributed by atoms with van der Waals surface area (Å²) >= 11 is 5.40. The number of amides is 2. The van der Waals surface area contributed by atoms with E-state index in [0.717, 1.165) is 12.0 Å². The second-order valence-corrected chi connectivity index (χ2v) is 12.4. The Labute approximate surface area is 225 Å². The number of unbranched alkanes of at least 4 members (excludes halogenated alkanes) is 2. The fourth-order valence-corrected chi connectivity index (χ4v) is 9.69. The van der Waals surface area contributed by atoms with E-state index in [0.29, 0.717) is 38.9 Å². The summed E-state index contributed by atoms with van der Waals surface area (Å²) in [6, 6.07) is 9.14. The summed E-state index contributed by atoms with van der Waals surface area (Å²) in [5.41, 5.74) is 1.01. The largest absolute Gasteiger partial charge is 0.466 e. The van der Waals surface area contributed by atoms with Gasteiger partial charge >= 0.3 is 5.97 Å². The first-order valence-corrected chi connectivity index (χ1v) is 14.5. The van der Waals surface area contributed by atoms with E-state index in [1.807, 2.05) is 30.3 Å². The molecule has 0 saturated carbocycles. The molecule has 0 aromatic heterocycles. The molecule has 7 nitrogen and oxygen atoms in total. The van der Waals surface area contributed by atoms with Crippen molar-refractivity contribution in [2.75, 3.05) is 26.3 Å². The molecule has 1 spiro atoms. The van der Waals surface area contributed by atoms with E-state index in [1.165, 1.54) is 0 Å². The third kappa shape index (κ3) is 4.86. The topological polar surface area (TPSA) is 87.2 Å². The van der Waals surface area contributed by atoms with Gasteiger partial charge in [0.2, 0.25) is 11.8 Å². The summed E-state index contributed by atoms with van der Waals surface area (Å²) in [7, 11) is 0. The number of hydrogen-bond acceptors (Lipinski definition) is 6. The van der Waals surface area contributed by atoms with Crippen LogP contribution in [0.2, 0.25) is 0 Å². The van der Waals surface area contributed by atoms with Crippen molar-refractivity contribution in [3.05, 3.63) is 48.6 Å². The summed E-state index contributed by atoms with van der Waals surface area (Å²) in [6.07, 6.45) is 4.46. The number of hydrogen-bond donors (Lipinski definition) is 1. The Kier molecular flexibility index (Phi) is 8.83. The highest BCUT2D eigenvalue weighted by molar-refractivity contribution is 9.09. The maximum Gasteiger partial charge on any atom is 0.310 e. The standard InChI is InChI=1S/C27H35BrN2O5S/c1-3-13-29(17-18-11-7-5-8-12-18)25(33)23-27-16-19(28)22(36-27)20(26(34)35-4-2)21(27)24(32)30(23)14-9-6-10-15-31/h3,5,7-8,11-12,19-23,31H,1,4,6,9-10,13-17H2,2H3/t19?,20-,21-,22-,23?,27?/m0/s1. The first-order valence-electron chi connectivity index (χ1n) is 12.7. The Morgan fingerprint density at radius 2 is 2.06 bits per heavy atom. The minimum Gasteiger partial charge on any atom is -0.466 e. The maximum absolute atomic E-state index is 14.3. The Balaban J connectivity index is 1.70. The van der Waals surface area contributed by atoms with Crippen LogP contribution in [-0.2, 0) is 25.7 Å². The Morgan fingerprint density at radius 1 is 1.31 bits per heavy atom. The average molecular weight is 580 g/mol. The van der Waals surface area contributed by atoms with Crippen LogP contribution in [0.5, 0.6) is 0 Å². The number of nitrogens with zero attached hydrogens (tertiary/aromatic N) is 2. The quantitative estimate of drug-likeness (QED) is 0.177. The smallest absolute Gasteiger partial charge is 0.310 e. The van der Waals surface area contributed by atoms with Crippen LogP contribution in [0, 0.1) is 11.8 Å². The fraction of sp³-hybridized carbons (Fsp3) is 0.593. The van der Waals surface area contributed by atoms with E-state index >= 15 is 0 Å². The van der Waals surface area contributed by atoms with Crippen LogP contribution < -0.4 is 0 Å². The molecule has 0 radical (unpaired) electrons. The van der Waals surface area contributed by atoms with Gasteiger partial charge in [0.15, 0.2) is 0 Å². The van der Waals surface area contributed by atoms with Crippen molar-refractivity contribution in [3.63, 3.8) is 0 Å². The molecule has 0 aliphatic carbocycles. The Morgan fingerprint density at radius 3 is 2.72 bits per heavy atom. The third-order valence-electron chi connectivity index (χ3n) is 7.52. The number of likely N-dealkylation sites (tertiary alicyclic amines) is 1. The van der Waals surface area contributed by atoms with Gasteiger partial charge in [0.25, 0.3) is 0 Å². The minimum atomic E-state index is -0.683. The first-order chi connectivity index (χ1) is 17.4. The number of aliphatic hydroxyl groups is 1. The predicted octanol–water partition coefficient (Wildman–Crippen LogP) is 3.39. The van der Waals surface area contributed by atoms with Gasteiger partial charge in [-0.1, -0.05) is 52.3 Å². The number of esters is 1. The molecule has 2 amide bonds. The molecule has 3 aliphatic heterocycles. The molecule has 4 rings (SSSR count). The van der Waals surface area contributed by atoms with Crippen molar-refractivity contribution in [1.29, 1.82) is 0 Å². The number of carbonyl (C=O) groups excluding carboxylic acids is 3. The van der Waals surface area contributed by atoms with Gasteiger partial charge in [0, 0.05) is 36.3 Å². The number of aliphatic hydroxyl groups excluding tert-OH is 1. The van der Waals surface area contributed by atoms with Gasteiger partial charge in [-0.25, -0.2) is 0 Å². The van der Waals surface area contributed by atoms with Gasteiger partial charge in [0.1, 0.15) is 6.04 Å². The van der Waals surface area contributed by atoms with Crippen LogP contribution >= 0.6 is 27.7 Å². The highest BCUT2D eigenvalue weighted by Gasteiger charge is 2.76. The van der Waals surface area contributed by atoms with Crippen LogP contribution in [0.1, 0.15) is 38.2 Å². The third-order valence-corrected chi connectivity index (χ3v) is 10.7. The zero-order valence-corrected chi connectivity index (χ0v) is 23.1. The molecular formula is C27H35BrN2O5S. The van der Waals surface area contributed by atoms with Gasteiger partial charge < -0.3 is 19.6 Å². The van der Waals surface area contributed by atoms with Crippen molar-refractivity contribution < 1.29 is 24.2 Å². The van der Waals surface area contributed by atoms with Gasteiger partial charge in [-0.3, -0.25) is 14.4 Å². The van der Waals surface area contributed by atoms with E-state index in [2.05, 4.69) is 22.5 Å². The van der Waals surface area contributed by atoms with Crippen molar-refractivity contribution in [2.24, 2.45) is 11.8 Å². The van der Waals surface area contributed by atoms with E-state index in [9.17, 15) is 19.5 Å². The Bertz CT molecular complexity index is 978. The number of alkyl halides is 1. The Hall–Kier alpha value is -1.84. The molecule has 2 bridgehead atoms. The molecule has 6 atom stereocenters. The summed E-state index contributed by atoms with van der Waals surface area (Å²) in [5.74, 6) is -1.72. The lowest BCUT2D eigenvalue weighted by atomic mass is 9.71. The van der Waals surface area contributed by atoms with Crippen LogP contribution in [0.15, 0.2) is 43.0 Å². The number of carbonyl (C=O) groups is 3. The van der Waals surface area contributed by atoms with E-state index in [4.69, 9.17) is 4.74 Å². The molecule has 1 aromatic carbocycles. The molecule has 1 N–H and O–H groups in total. The number of rotatable bonds is 12. The fourth-order valence-electron chi connectivity index (χ4n) is 6.09. The lowest BCUT2D eigenvalue weighted by Crippen LogP contribution is -2.55. The average Bonchev–Trinajstić information content (AvgIpc) is 3.45. The second kappa shape index (κ2) is 11.7. The molecule has 1 aromatic rings. The summed E-state index contributed by atoms with van der Waals surface area (Å²) < 4.78 is 4.73. The highest BCUT2D eigenvalue weighted by Crippen LogP contribution is 2.68. The zero-order valence-electron chi connectivity index (χ0n) is 20.7. The zero-order chi connectivity index (χ0) is 25.9. The molecular weight excluding hydrogens is 544 g/mol. The van der Waals surface area contributed by atoms with Crippen LogP contribution in [0.25, 0.3) is 0 Å². The molecule has 3 aliphatic rings. The van der Waals surface area contributed by atoms with Gasteiger partial charge in [-0.2, -0.15) is 0 Å². The predicted molar refractivity (Wildman–Crippen MR) is 144 cm³/mol. The summed E-state index contributed by atoms with van der Waals surface area (Å²) in [6.45, 7) is 7.20. The minimum absolute atomic E-state index is 0.0209. The second-order valence-electron chi connectivity index (χ2n) is 9.72. The number of halogens is 1. The molecule has 196 valence electrons. The SMILES string of the molecule is C=CCN(Cc1ccccc1)C(=O)C1N(CCCCCO)C(=O)[C@@H]2[C@H](C(=O)OCC)[C@H]3SC12CC3Br. The lowest BCUT2D eigenvalue weighted by Gasteiger charge is -2.38. The van der Waals surface area contributed by atoms with Gasteiger partial charge in [-0.15, -0.1) is 18.3 Å². The monoisotopic (exact) mass is 578 g/mol. The van der Waals surface area contributed by atoms with Crippen LogP contribution in [0.3, 0.4) is 0 Å². The molecule has 3 saturated heterocycles. The normalized spacial score (nSPS) is 30.4. The highest BCUT2D eigenvalue weighted by atomic mass is 79.9. The van der Waals surface area contributed by atoms with Crippen molar-refractivity contribution >= 4 is 45.5 Å². The number of ether oxygens (including phenoxy) is 1. The molecule has 36 heavy (non-hydrogen) atoms. The molecule has 9 heteroatoms. The number of benzene rings is 1. The van der Waals surface area contributed by atoms with Crippen molar-refractivity contribution in [3.8, 4) is 0 Å². The number of fused-ring (bicyclic) bond motifs is 1. The maximum atomic E-state index is 14.3. The van der Waals surface area contributed by atoms with Crippen LogP contribution in [-0.4, -0.2) is 79.9 Å². The van der Waals surface area contributed by atoms with E-state index < -0.39 is 22.6 Å². The van der Waals surface area contributed by atoms with Gasteiger partial charge in [-0.05, 0) is 38.2 Å². The molecule has 3 fully saturated rings. The van der Waals surface area contributed by atoms with E-state index in [1.54, 1.807) is 34.6 Å². The summed E-state index contributed by atoms with van der Waals surface area (Å²) in [5, 5.41) is 9.10. The van der Waals surface area contributed by atoms with Crippen molar-refractivity contribution in [2.45, 2.75) is 60.0 Å². The van der Waals surface area contributed by atoms with Gasteiger partial charge in [0.05, 0.1) is 23.2 Å². The molecule has 3 unspecified atom stereocenters. The molecule has 3 heterocycles. The van der Waals surface area contributed by atoms with Crippen LogP contribution in [0.4, 0.5) is 0 Å². The summed E-state index contributed by atoms with van der Waals surface area (Å²) in [4.78, 5) is 44.9. The van der Waals surface area contributed by atoms with Crippen molar-refractivity contribution in [1.82, 2.24) is 9.80 Å². The lowest BCUT2D eigenvalue weighted by molar-refractivity contribution is -0.153. The first kappa shape index (κ1) is 27.2. The number of thioether (sulfide) groups is 1.